The Morgan fingerprint density at radius 3 is 2.50 bits per heavy atom. The molecule has 0 spiro atoms. The monoisotopic (exact) mass is 355 g/mol. The maximum atomic E-state index is 5.41. The van der Waals surface area contributed by atoms with Crippen molar-refractivity contribution < 1.29 is 14.2 Å². The Morgan fingerprint density at radius 2 is 1.73 bits per heavy atom. The number of hydrogen-bond donors (Lipinski definition) is 2. The van der Waals surface area contributed by atoms with E-state index >= 15 is 0 Å². The highest BCUT2D eigenvalue weighted by atomic mass is 16.7. The Labute approximate surface area is 154 Å². The number of benzene rings is 2. The fourth-order valence-electron chi connectivity index (χ4n) is 2.75. The van der Waals surface area contributed by atoms with Crippen molar-refractivity contribution in [1.29, 1.82) is 0 Å². The molecule has 0 atom stereocenters. The molecule has 0 saturated heterocycles. The molecule has 0 fully saturated rings. The van der Waals surface area contributed by atoms with Crippen LogP contribution in [0.15, 0.2) is 47.5 Å². The molecular formula is C20H25N3O3. The molecule has 1 aliphatic heterocycles. The van der Waals surface area contributed by atoms with Crippen LogP contribution >= 0.6 is 0 Å². The Balaban J connectivity index is 1.43. The van der Waals surface area contributed by atoms with E-state index in [1.165, 1.54) is 16.7 Å². The highest BCUT2D eigenvalue weighted by molar-refractivity contribution is 5.79. The van der Waals surface area contributed by atoms with Crippen LogP contribution in [-0.2, 0) is 24.3 Å². The lowest BCUT2D eigenvalue weighted by atomic mass is 10.1. The third-order valence-corrected chi connectivity index (χ3v) is 4.16. The summed E-state index contributed by atoms with van der Waals surface area (Å²) in [6, 6.07) is 14.4. The predicted octanol–water partition coefficient (Wildman–Crippen LogP) is 2.47. The molecule has 6 nitrogen and oxygen atoms in total. The van der Waals surface area contributed by atoms with Crippen molar-refractivity contribution >= 4 is 5.96 Å². The molecule has 138 valence electrons. The van der Waals surface area contributed by atoms with Crippen molar-refractivity contribution in [3.63, 3.8) is 0 Å². The van der Waals surface area contributed by atoms with Gasteiger partial charge in [0.1, 0.15) is 0 Å². The molecule has 1 aliphatic rings. The third-order valence-electron chi connectivity index (χ3n) is 4.16. The lowest BCUT2D eigenvalue weighted by Crippen LogP contribution is -2.37. The standard InChI is InChI=1S/C20H25N3O3/c1-21-20(23-12-16-3-5-17(6-4-16)13-24-2)22-10-9-15-7-8-18-19(11-15)26-14-25-18/h3-8,11H,9-10,12-14H2,1-2H3,(H2,21,22,23). The maximum Gasteiger partial charge on any atom is 0.231 e. The smallest absolute Gasteiger partial charge is 0.231 e. The predicted molar refractivity (Wildman–Crippen MR) is 102 cm³/mol. The molecule has 2 aromatic carbocycles. The first-order valence-electron chi connectivity index (χ1n) is 8.68. The van der Waals surface area contributed by atoms with Crippen LogP contribution in [0.2, 0.25) is 0 Å². The first-order valence-corrected chi connectivity index (χ1v) is 8.68. The summed E-state index contributed by atoms with van der Waals surface area (Å²) in [6.07, 6.45) is 0.878. The molecular weight excluding hydrogens is 330 g/mol. The number of rotatable bonds is 7. The molecule has 6 heteroatoms. The van der Waals surface area contributed by atoms with Crippen LogP contribution in [0.4, 0.5) is 0 Å². The summed E-state index contributed by atoms with van der Waals surface area (Å²) in [5, 5.41) is 6.66. The van der Waals surface area contributed by atoms with Crippen LogP contribution in [0.3, 0.4) is 0 Å². The number of ether oxygens (including phenoxy) is 3. The average Bonchev–Trinajstić information content (AvgIpc) is 3.14. The number of hydrogen-bond acceptors (Lipinski definition) is 4. The van der Waals surface area contributed by atoms with E-state index in [1.807, 2.05) is 12.1 Å². The summed E-state index contributed by atoms with van der Waals surface area (Å²) in [5.41, 5.74) is 3.57. The zero-order valence-electron chi connectivity index (χ0n) is 15.2. The number of aliphatic imine (C=N–C) groups is 1. The zero-order chi connectivity index (χ0) is 18.2. The molecule has 1 heterocycles. The van der Waals surface area contributed by atoms with E-state index in [-0.39, 0.29) is 0 Å². The van der Waals surface area contributed by atoms with Gasteiger partial charge in [-0.2, -0.15) is 0 Å². The van der Waals surface area contributed by atoms with Crippen molar-refractivity contribution in [2.45, 2.75) is 19.6 Å². The topological polar surface area (TPSA) is 64.1 Å². The van der Waals surface area contributed by atoms with Crippen molar-refractivity contribution in [3.8, 4) is 11.5 Å². The van der Waals surface area contributed by atoms with Gasteiger partial charge in [-0.1, -0.05) is 30.3 Å². The van der Waals surface area contributed by atoms with Gasteiger partial charge >= 0.3 is 0 Å². The molecule has 0 aliphatic carbocycles. The Bertz CT molecular complexity index is 744. The quantitative estimate of drug-likeness (QED) is 0.590. The average molecular weight is 355 g/mol. The van der Waals surface area contributed by atoms with Crippen molar-refractivity contribution in [2.24, 2.45) is 4.99 Å². The SMILES string of the molecule is CN=C(NCCc1ccc2c(c1)OCO2)NCc1ccc(COC)cc1. The van der Waals surface area contributed by atoms with Crippen molar-refractivity contribution in [1.82, 2.24) is 10.6 Å². The zero-order valence-corrected chi connectivity index (χ0v) is 15.2. The van der Waals surface area contributed by atoms with Gasteiger partial charge in [0.25, 0.3) is 0 Å². The number of guanidine groups is 1. The van der Waals surface area contributed by atoms with Gasteiger partial charge in [-0.25, -0.2) is 0 Å². The van der Waals surface area contributed by atoms with Crippen molar-refractivity contribution in [3.05, 3.63) is 59.2 Å². The fourth-order valence-corrected chi connectivity index (χ4v) is 2.75. The molecule has 0 radical (unpaired) electrons. The van der Waals surface area contributed by atoms with Crippen LogP contribution in [0.25, 0.3) is 0 Å². The summed E-state index contributed by atoms with van der Waals surface area (Å²) >= 11 is 0. The van der Waals surface area contributed by atoms with Crippen LogP contribution in [0.1, 0.15) is 16.7 Å². The number of fused-ring (bicyclic) bond motifs is 1. The maximum absolute atomic E-state index is 5.41. The second-order valence-electron chi connectivity index (χ2n) is 6.04. The van der Waals surface area contributed by atoms with E-state index in [9.17, 15) is 0 Å². The minimum Gasteiger partial charge on any atom is -0.454 e. The highest BCUT2D eigenvalue weighted by Gasteiger charge is 2.12. The number of methoxy groups -OCH3 is 1. The molecule has 0 saturated carbocycles. The van der Waals surface area contributed by atoms with Crippen molar-refractivity contribution in [2.75, 3.05) is 27.5 Å². The van der Waals surface area contributed by atoms with Gasteiger partial charge in [-0.15, -0.1) is 0 Å². The number of nitrogens with zero attached hydrogens (tertiary/aromatic N) is 1. The lowest BCUT2D eigenvalue weighted by molar-refractivity contribution is 0.174. The summed E-state index contributed by atoms with van der Waals surface area (Å²) in [7, 11) is 3.48. The Kier molecular flexibility index (Phi) is 6.33. The summed E-state index contributed by atoms with van der Waals surface area (Å²) < 4.78 is 15.9. The van der Waals surface area contributed by atoms with Gasteiger partial charge in [0, 0.05) is 27.2 Å². The molecule has 0 bridgehead atoms. The van der Waals surface area contributed by atoms with E-state index in [0.717, 1.165) is 37.0 Å². The largest absolute Gasteiger partial charge is 0.454 e. The molecule has 0 amide bonds. The minimum atomic E-state index is 0.306. The summed E-state index contributed by atoms with van der Waals surface area (Å²) in [4.78, 5) is 4.27. The van der Waals surface area contributed by atoms with E-state index in [1.54, 1.807) is 14.2 Å². The fraction of sp³-hybridized carbons (Fsp3) is 0.350. The molecule has 2 aromatic rings. The molecule has 0 unspecified atom stereocenters. The lowest BCUT2D eigenvalue weighted by Gasteiger charge is -2.12. The van der Waals surface area contributed by atoms with E-state index in [4.69, 9.17) is 14.2 Å². The number of nitrogens with one attached hydrogen (secondary N) is 2. The van der Waals surface area contributed by atoms with Crippen LogP contribution in [0, 0.1) is 0 Å². The minimum absolute atomic E-state index is 0.306. The van der Waals surface area contributed by atoms with Gasteiger partial charge in [0.15, 0.2) is 17.5 Å². The molecule has 2 N–H and O–H groups in total. The van der Waals surface area contributed by atoms with Crippen LogP contribution in [-0.4, -0.2) is 33.5 Å². The summed E-state index contributed by atoms with van der Waals surface area (Å²) in [5.74, 6) is 2.42. The van der Waals surface area contributed by atoms with Crippen LogP contribution in [0.5, 0.6) is 11.5 Å². The van der Waals surface area contributed by atoms with Gasteiger partial charge in [-0.05, 0) is 35.2 Å². The normalized spacial score (nSPS) is 12.9. The molecule has 3 rings (SSSR count). The first kappa shape index (κ1) is 18.1. The third kappa shape index (κ3) is 4.89. The van der Waals surface area contributed by atoms with Crippen LogP contribution < -0.4 is 20.1 Å². The van der Waals surface area contributed by atoms with Gasteiger partial charge in [0.2, 0.25) is 6.79 Å². The van der Waals surface area contributed by atoms with Gasteiger partial charge in [-0.3, -0.25) is 4.99 Å². The second kappa shape index (κ2) is 9.10. The van der Waals surface area contributed by atoms with E-state index in [2.05, 4.69) is 46.0 Å². The highest BCUT2D eigenvalue weighted by Crippen LogP contribution is 2.32. The second-order valence-corrected chi connectivity index (χ2v) is 6.04. The molecule has 0 aromatic heterocycles. The van der Waals surface area contributed by atoms with Gasteiger partial charge < -0.3 is 24.8 Å². The molecule has 26 heavy (non-hydrogen) atoms. The first-order chi connectivity index (χ1) is 12.8. The van der Waals surface area contributed by atoms with Gasteiger partial charge in [0.05, 0.1) is 6.61 Å². The van der Waals surface area contributed by atoms with E-state index < -0.39 is 0 Å². The van der Waals surface area contributed by atoms with E-state index in [0.29, 0.717) is 13.4 Å². The summed E-state index contributed by atoms with van der Waals surface area (Å²) in [6.45, 7) is 2.44. The Morgan fingerprint density at radius 1 is 1.00 bits per heavy atom. The Hall–Kier alpha value is -2.73.